The lowest BCUT2D eigenvalue weighted by Crippen LogP contribution is -2.39. The van der Waals surface area contributed by atoms with Crippen molar-refractivity contribution in [3.63, 3.8) is 0 Å². The van der Waals surface area contributed by atoms with Gasteiger partial charge in [0.25, 0.3) is 0 Å². The molecule has 0 bridgehead atoms. The van der Waals surface area contributed by atoms with E-state index in [2.05, 4.69) is 6.92 Å². The third-order valence-electron chi connectivity index (χ3n) is 4.31. The highest BCUT2D eigenvalue weighted by atomic mass is 16.5. The van der Waals surface area contributed by atoms with Crippen LogP contribution in [0.1, 0.15) is 48.8 Å². The SMILES string of the molecule is COc1c(O)cc(C2(N)CCCCC2)c(C)c1C. The number of rotatable bonds is 2. The van der Waals surface area contributed by atoms with Gasteiger partial charge in [-0.1, -0.05) is 19.3 Å². The Kier molecular flexibility index (Phi) is 3.53. The van der Waals surface area contributed by atoms with Crippen LogP contribution in [0.5, 0.6) is 11.5 Å². The van der Waals surface area contributed by atoms with Crippen molar-refractivity contribution in [2.24, 2.45) is 5.73 Å². The van der Waals surface area contributed by atoms with Gasteiger partial charge in [0.15, 0.2) is 11.5 Å². The van der Waals surface area contributed by atoms with E-state index < -0.39 is 0 Å². The van der Waals surface area contributed by atoms with Gasteiger partial charge in [0, 0.05) is 5.54 Å². The molecule has 1 fully saturated rings. The summed E-state index contributed by atoms with van der Waals surface area (Å²) in [5, 5.41) is 10.1. The largest absolute Gasteiger partial charge is 0.504 e. The molecule has 3 N–H and O–H groups in total. The minimum Gasteiger partial charge on any atom is -0.504 e. The molecule has 3 nitrogen and oxygen atoms in total. The second-order valence-electron chi connectivity index (χ2n) is 5.44. The monoisotopic (exact) mass is 249 g/mol. The standard InChI is InChI=1S/C15H23NO2/c1-10-11(2)14(18-3)13(17)9-12(10)15(16)7-5-4-6-8-15/h9,17H,4-8,16H2,1-3H3. The van der Waals surface area contributed by atoms with Gasteiger partial charge in [-0.2, -0.15) is 0 Å². The molecule has 0 aliphatic heterocycles. The van der Waals surface area contributed by atoms with E-state index in [0.717, 1.165) is 29.5 Å². The second kappa shape index (κ2) is 4.81. The maximum atomic E-state index is 10.1. The summed E-state index contributed by atoms with van der Waals surface area (Å²) in [4.78, 5) is 0. The van der Waals surface area contributed by atoms with Crippen molar-refractivity contribution in [2.45, 2.75) is 51.5 Å². The Morgan fingerprint density at radius 3 is 2.33 bits per heavy atom. The first-order valence-corrected chi connectivity index (χ1v) is 6.66. The maximum absolute atomic E-state index is 10.1. The molecule has 0 saturated heterocycles. The van der Waals surface area contributed by atoms with Crippen molar-refractivity contribution < 1.29 is 9.84 Å². The summed E-state index contributed by atoms with van der Waals surface area (Å²) in [5.41, 5.74) is 9.50. The minimum absolute atomic E-state index is 0.200. The quantitative estimate of drug-likeness (QED) is 0.846. The summed E-state index contributed by atoms with van der Waals surface area (Å²) in [5.74, 6) is 0.765. The molecule has 100 valence electrons. The lowest BCUT2D eigenvalue weighted by molar-refractivity contribution is 0.298. The number of methoxy groups -OCH3 is 1. The molecule has 0 spiro atoms. The zero-order valence-corrected chi connectivity index (χ0v) is 11.5. The smallest absolute Gasteiger partial charge is 0.163 e. The number of nitrogens with two attached hydrogens (primary N) is 1. The first-order chi connectivity index (χ1) is 8.49. The van der Waals surface area contributed by atoms with E-state index in [-0.39, 0.29) is 11.3 Å². The number of benzene rings is 1. The maximum Gasteiger partial charge on any atom is 0.163 e. The van der Waals surface area contributed by atoms with Gasteiger partial charge in [-0.25, -0.2) is 0 Å². The molecule has 0 radical (unpaired) electrons. The number of phenols is 1. The normalized spacial score (nSPS) is 18.7. The lowest BCUT2D eigenvalue weighted by Gasteiger charge is -2.36. The fourth-order valence-electron chi connectivity index (χ4n) is 3.10. The summed E-state index contributed by atoms with van der Waals surface area (Å²) in [6.07, 6.45) is 5.60. The summed E-state index contributed by atoms with van der Waals surface area (Å²) in [6.45, 7) is 4.04. The Morgan fingerprint density at radius 2 is 1.78 bits per heavy atom. The fourth-order valence-corrected chi connectivity index (χ4v) is 3.10. The summed E-state index contributed by atoms with van der Waals surface area (Å²) < 4.78 is 5.24. The molecule has 1 saturated carbocycles. The van der Waals surface area contributed by atoms with E-state index in [0.29, 0.717) is 5.75 Å². The van der Waals surface area contributed by atoms with Crippen molar-refractivity contribution in [3.8, 4) is 11.5 Å². The highest BCUT2D eigenvalue weighted by Crippen LogP contribution is 2.42. The van der Waals surface area contributed by atoms with Crippen LogP contribution in [0.25, 0.3) is 0 Å². The van der Waals surface area contributed by atoms with Gasteiger partial charge in [-0.15, -0.1) is 0 Å². The molecule has 1 aliphatic carbocycles. The minimum atomic E-state index is -0.281. The van der Waals surface area contributed by atoms with Gasteiger partial charge in [-0.3, -0.25) is 0 Å². The Labute approximate surface area is 109 Å². The van der Waals surface area contributed by atoms with Gasteiger partial charge in [-0.05, 0) is 49.4 Å². The number of aromatic hydroxyl groups is 1. The van der Waals surface area contributed by atoms with Crippen molar-refractivity contribution in [1.29, 1.82) is 0 Å². The molecule has 0 unspecified atom stereocenters. The van der Waals surface area contributed by atoms with E-state index >= 15 is 0 Å². The Balaban J connectivity index is 2.51. The van der Waals surface area contributed by atoms with Gasteiger partial charge >= 0.3 is 0 Å². The molecule has 0 amide bonds. The van der Waals surface area contributed by atoms with E-state index in [1.165, 1.54) is 19.3 Å². The molecule has 1 aromatic carbocycles. The van der Waals surface area contributed by atoms with E-state index in [1.807, 2.05) is 6.92 Å². The molecule has 2 rings (SSSR count). The van der Waals surface area contributed by atoms with Crippen LogP contribution in [0.4, 0.5) is 0 Å². The molecule has 0 heterocycles. The Bertz CT molecular complexity index is 448. The van der Waals surface area contributed by atoms with Crippen LogP contribution in [-0.2, 0) is 5.54 Å². The fraction of sp³-hybridized carbons (Fsp3) is 0.600. The molecule has 3 heteroatoms. The molecule has 18 heavy (non-hydrogen) atoms. The Morgan fingerprint density at radius 1 is 1.17 bits per heavy atom. The third kappa shape index (κ3) is 2.07. The van der Waals surface area contributed by atoms with Crippen LogP contribution in [0.2, 0.25) is 0 Å². The van der Waals surface area contributed by atoms with Crippen LogP contribution in [0.15, 0.2) is 6.07 Å². The lowest BCUT2D eigenvalue weighted by atomic mass is 9.75. The third-order valence-corrected chi connectivity index (χ3v) is 4.31. The highest BCUT2D eigenvalue weighted by molar-refractivity contribution is 5.54. The van der Waals surface area contributed by atoms with Gasteiger partial charge in [0.1, 0.15) is 0 Å². The molecule has 0 aromatic heterocycles. The first kappa shape index (κ1) is 13.2. The average molecular weight is 249 g/mol. The van der Waals surface area contributed by atoms with E-state index in [4.69, 9.17) is 10.5 Å². The van der Waals surface area contributed by atoms with Crippen molar-refractivity contribution in [1.82, 2.24) is 0 Å². The van der Waals surface area contributed by atoms with Crippen LogP contribution >= 0.6 is 0 Å². The van der Waals surface area contributed by atoms with Crippen molar-refractivity contribution >= 4 is 0 Å². The zero-order chi connectivity index (χ0) is 13.3. The van der Waals surface area contributed by atoms with Crippen LogP contribution < -0.4 is 10.5 Å². The second-order valence-corrected chi connectivity index (χ2v) is 5.44. The average Bonchev–Trinajstić information content (AvgIpc) is 2.35. The summed E-state index contributed by atoms with van der Waals surface area (Å²) >= 11 is 0. The molecular formula is C15H23NO2. The van der Waals surface area contributed by atoms with E-state index in [1.54, 1.807) is 13.2 Å². The number of phenolic OH excluding ortho intramolecular Hbond substituents is 1. The van der Waals surface area contributed by atoms with Gasteiger partial charge < -0.3 is 15.6 Å². The number of ether oxygens (including phenoxy) is 1. The molecule has 0 atom stereocenters. The van der Waals surface area contributed by atoms with Crippen LogP contribution in [0.3, 0.4) is 0 Å². The topological polar surface area (TPSA) is 55.5 Å². The summed E-state index contributed by atoms with van der Waals surface area (Å²) in [6, 6.07) is 1.80. The van der Waals surface area contributed by atoms with E-state index in [9.17, 15) is 5.11 Å². The van der Waals surface area contributed by atoms with Crippen LogP contribution in [-0.4, -0.2) is 12.2 Å². The highest BCUT2D eigenvalue weighted by Gasteiger charge is 2.32. The molecular weight excluding hydrogens is 226 g/mol. The zero-order valence-electron chi connectivity index (χ0n) is 11.5. The van der Waals surface area contributed by atoms with Crippen molar-refractivity contribution in [3.05, 3.63) is 22.8 Å². The van der Waals surface area contributed by atoms with Crippen LogP contribution in [0, 0.1) is 13.8 Å². The predicted octanol–water partition coefficient (Wildman–Crippen LogP) is 3.14. The van der Waals surface area contributed by atoms with Crippen molar-refractivity contribution in [2.75, 3.05) is 7.11 Å². The van der Waals surface area contributed by atoms with Gasteiger partial charge in [0.2, 0.25) is 0 Å². The molecule has 1 aromatic rings. The molecule has 1 aliphatic rings. The first-order valence-electron chi connectivity index (χ1n) is 6.66. The Hall–Kier alpha value is -1.22. The predicted molar refractivity (Wildman–Crippen MR) is 73.1 cm³/mol. The summed E-state index contributed by atoms with van der Waals surface area (Å²) in [7, 11) is 1.58. The number of hydrogen-bond acceptors (Lipinski definition) is 3. The number of hydrogen-bond donors (Lipinski definition) is 2. The van der Waals surface area contributed by atoms with Gasteiger partial charge in [0.05, 0.1) is 7.11 Å².